The number of piperidine rings is 1. The predicted molar refractivity (Wildman–Crippen MR) is 163 cm³/mol. The van der Waals surface area contributed by atoms with E-state index in [0.717, 1.165) is 68.0 Å². The fourth-order valence-corrected chi connectivity index (χ4v) is 6.41. The number of nitrogens with one attached hydrogen (secondary N) is 2. The zero-order chi connectivity index (χ0) is 29.0. The molecule has 0 spiro atoms. The van der Waals surface area contributed by atoms with E-state index in [9.17, 15) is 9.90 Å². The van der Waals surface area contributed by atoms with E-state index in [4.69, 9.17) is 4.74 Å². The molecule has 7 heteroatoms. The summed E-state index contributed by atoms with van der Waals surface area (Å²) in [6, 6.07) is 25.2. The summed E-state index contributed by atoms with van der Waals surface area (Å²) in [5.74, 6) is 1.43. The highest BCUT2D eigenvalue weighted by atomic mass is 16.5. The third-order valence-electron chi connectivity index (χ3n) is 8.94. The SMILES string of the molecule is COc1ccc(CNCc2ccccc2)c(-c2cccc(C3(C)NC(C)N(CC4CCN(C(C)=O)CC4)C3O)c2)c1. The Kier molecular flexibility index (Phi) is 9.09. The third-order valence-corrected chi connectivity index (χ3v) is 8.94. The van der Waals surface area contributed by atoms with Crippen LogP contribution >= 0.6 is 0 Å². The molecule has 7 nitrogen and oxygen atoms in total. The van der Waals surface area contributed by atoms with Crippen molar-refractivity contribution in [3.8, 4) is 16.9 Å². The van der Waals surface area contributed by atoms with Crippen molar-refractivity contribution in [2.45, 2.75) is 64.6 Å². The second kappa shape index (κ2) is 12.7. The van der Waals surface area contributed by atoms with Gasteiger partial charge in [0, 0.05) is 39.6 Å². The number of amides is 1. The quantitative estimate of drug-likeness (QED) is 0.355. The molecular weight excluding hydrogens is 512 g/mol. The number of carbonyl (C=O) groups is 1. The van der Waals surface area contributed by atoms with E-state index >= 15 is 0 Å². The molecule has 3 N–H and O–H groups in total. The number of aliphatic hydroxyl groups is 1. The van der Waals surface area contributed by atoms with Crippen LogP contribution in [0.15, 0.2) is 72.8 Å². The minimum absolute atomic E-state index is 0.0269. The van der Waals surface area contributed by atoms with Crippen LogP contribution in [0.1, 0.15) is 50.3 Å². The molecule has 2 fully saturated rings. The smallest absolute Gasteiger partial charge is 0.219 e. The summed E-state index contributed by atoms with van der Waals surface area (Å²) < 4.78 is 5.59. The molecule has 0 aliphatic carbocycles. The van der Waals surface area contributed by atoms with Crippen molar-refractivity contribution in [2.75, 3.05) is 26.7 Å². The highest BCUT2D eigenvalue weighted by Crippen LogP contribution is 2.38. The molecule has 3 aromatic rings. The molecule has 1 amide bonds. The standard InChI is InChI=1S/C34H44N4O3/c1-24-36-34(3,33(40)38(24)23-27-15-17-37(18-16-27)25(2)39)30-12-8-11-28(19-30)32-20-31(41-4)14-13-29(32)22-35-21-26-9-6-5-7-10-26/h5-14,19-20,24,27,33,35-36,40H,15-18,21-23H2,1-4H3. The molecule has 2 aliphatic rings. The fourth-order valence-electron chi connectivity index (χ4n) is 6.41. The van der Waals surface area contributed by atoms with E-state index < -0.39 is 11.8 Å². The molecule has 2 aliphatic heterocycles. The van der Waals surface area contributed by atoms with Gasteiger partial charge in [-0.25, -0.2) is 0 Å². The molecule has 41 heavy (non-hydrogen) atoms. The van der Waals surface area contributed by atoms with Crippen molar-refractivity contribution >= 4 is 5.91 Å². The van der Waals surface area contributed by atoms with Crippen LogP contribution in [-0.4, -0.2) is 60.0 Å². The van der Waals surface area contributed by atoms with Crippen molar-refractivity contribution < 1.29 is 14.6 Å². The van der Waals surface area contributed by atoms with Gasteiger partial charge in [-0.3, -0.25) is 15.0 Å². The Hall–Kier alpha value is -3.23. The zero-order valence-electron chi connectivity index (χ0n) is 24.8. The van der Waals surface area contributed by atoms with Crippen LogP contribution in [0.25, 0.3) is 11.1 Å². The van der Waals surface area contributed by atoms with Gasteiger partial charge in [0.2, 0.25) is 5.91 Å². The number of ether oxygens (including phenoxy) is 1. The number of nitrogens with zero attached hydrogens (tertiary/aromatic N) is 2. The van der Waals surface area contributed by atoms with Crippen LogP contribution in [0.4, 0.5) is 0 Å². The number of hydrogen-bond acceptors (Lipinski definition) is 6. The van der Waals surface area contributed by atoms with Crippen molar-refractivity contribution in [3.63, 3.8) is 0 Å². The summed E-state index contributed by atoms with van der Waals surface area (Å²) >= 11 is 0. The second-order valence-corrected chi connectivity index (χ2v) is 11.7. The molecule has 2 heterocycles. The molecule has 0 saturated carbocycles. The zero-order valence-corrected chi connectivity index (χ0v) is 24.8. The van der Waals surface area contributed by atoms with Gasteiger partial charge < -0.3 is 20.1 Å². The highest BCUT2D eigenvalue weighted by Gasteiger charge is 2.48. The first kappa shape index (κ1) is 29.3. The summed E-state index contributed by atoms with van der Waals surface area (Å²) in [6.45, 7) is 9.80. The number of likely N-dealkylation sites (tertiary alicyclic amines) is 1. The van der Waals surface area contributed by atoms with Gasteiger partial charge in [-0.1, -0.05) is 54.6 Å². The average Bonchev–Trinajstić information content (AvgIpc) is 3.21. The van der Waals surface area contributed by atoms with Crippen LogP contribution < -0.4 is 15.4 Å². The van der Waals surface area contributed by atoms with Crippen molar-refractivity contribution in [1.82, 2.24) is 20.4 Å². The summed E-state index contributed by atoms with van der Waals surface area (Å²) in [5.41, 5.74) is 5.08. The Morgan fingerprint density at radius 1 is 1.05 bits per heavy atom. The number of benzene rings is 3. The molecule has 218 valence electrons. The number of aliphatic hydroxyl groups excluding tert-OH is 1. The van der Waals surface area contributed by atoms with Gasteiger partial charge in [-0.15, -0.1) is 0 Å². The number of rotatable bonds is 9. The second-order valence-electron chi connectivity index (χ2n) is 11.7. The lowest BCUT2D eigenvalue weighted by molar-refractivity contribution is -0.130. The number of methoxy groups -OCH3 is 1. The van der Waals surface area contributed by atoms with Crippen LogP contribution in [0, 0.1) is 5.92 Å². The van der Waals surface area contributed by atoms with Crippen molar-refractivity contribution in [1.29, 1.82) is 0 Å². The van der Waals surface area contributed by atoms with Crippen molar-refractivity contribution in [3.05, 3.63) is 89.5 Å². The molecular formula is C34H44N4O3. The molecule has 2 saturated heterocycles. The van der Waals surface area contributed by atoms with Gasteiger partial charge in [0.05, 0.1) is 18.8 Å². The van der Waals surface area contributed by atoms with Crippen LogP contribution in [-0.2, 0) is 23.4 Å². The topological polar surface area (TPSA) is 77.1 Å². The predicted octanol–water partition coefficient (Wildman–Crippen LogP) is 4.70. The van der Waals surface area contributed by atoms with E-state index in [2.05, 4.69) is 90.0 Å². The van der Waals surface area contributed by atoms with Crippen LogP contribution in [0.5, 0.6) is 5.75 Å². The molecule has 5 rings (SSSR count). The first-order chi connectivity index (χ1) is 19.8. The summed E-state index contributed by atoms with van der Waals surface area (Å²) in [7, 11) is 1.70. The minimum atomic E-state index is -0.670. The average molecular weight is 557 g/mol. The molecule has 3 atom stereocenters. The fraction of sp³-hybridized carbons (Fsp3) is 0.441. The van der Waals surface area contributed by atoms with Gasteiger partial charge in [-0.2, -0.15) is 0 Å². The largest absolute Gasteiger partial charge is 0.497 e. The summed E-state index contributed by atoms with van der Waals surface area (Å²) in [5, 5.41) is 19.0. The minimum Gasteiger partial charge on any atom is -0.497 e. The highest BCUT2D eigenvalue weighted by molar-refractivity contribution is 5.73. The Labute approximate surface area is 244 Å². The lowest BCUT2D eigenvalue weighted by Gasteiger charge is -2.36. The number of hydrogen-bond donors (Lipinski definition) is 3. The lowest BCUT2D eigenvalue weighted by atomic mass is 9.87. The van der Waals surface area contributed by atoms with E-state index in [0.29, 0.717) is 5.92 Å². The van der Waals surface area contributed by atoms with E-state index in [1.807, 2.05) is 17.0 Å². The van der Waals surface area contributed by atoms with Gasteiger partial charge in [0.1, 0.15) is 12.0 Å². The van der Waals surface area contributed by atoms with E-state index in [1.54, 1.807) is 14.0 Å². The summed E-state index contributed by atoms with van der Waals surface area (Å²) in [4.78, 5) is 15.9. The summed E-state index contributed by atoms with van der Waals surface area (Å²) in [6.07, 6.45) is 1.30. The molecule has 0 aromatic heterocycles. The Morgan fingerprint density at radius 2 is 1.80 bits per heavy atom. The first-order valence-electron chi connectivity index (χ1n) is 14.8. The van der Waals surface area contributed by atoms with Crippen LogP contribution in [0.2, 0.25) is 0 Å². The first-order valence-corrected chi connectivity index (χ1v) is 14.8. The van der Waals surface area contributed by atoms with Gasteiger partial charge in [-0.05, 0) is 78.6 Å². The van der Waals surface area contributed by atoms with Gasteiger partial charge >= 0.3 is 0 Å². The Balaban J connectivity index is 1.34. The monoisotopic (exact) mass is 556 g/mol. The molecule has 0 bridgehead atoms. The maximum atomic E-state index is 11.7. The van der Waals surface area contributed by atoms with Crippen LogP contribution in [0.3, 0.4) is 0 Å². The maximum Gasteiger partial charge on any atom is 0.219 e. The van der Waals surface area contributed by atoms with Crippen molar-refractivity contribution in [2.24, 2.45) is 5.92 Å². The van der Waals surface area contributed by atoms with E-state index in [1.165, 1.54) is 11.1 Å². The normalized spacial score (nSPS) is 23.6. The van der Waals surface area contributed by atoms with E-state index in [-0.39, 0.29) is 12.1 Å². The molecule has 3 aromatic carbocycles. The van der Waals surface area contributed by atoms with Gasteiger partial charge in [0.15, 0.2) is 0 Å². The number of carbonyl (C=O) groups excluding carboxylic acids is 1. The third kappa shape index (κ3) is 6.49. The Bertz CT molecular complexity index is 1320. The Morgan fingerprint density at radius 3 is 2.51 bits per heavy atom. The van der Waals surface area contributed by atoms with Gasteiger partial charge in [0.25, 0.3) is 0 Å². The maximum absolute atomic E-state index is 11.7. The lowest BCUT2D eigenvalue weighted by Crippen LogP contribution is -2.46. The molecule has 3 unspecified atom stereocenters. The molecule has 0 radical (unpaired) electrons.